The van der Waals surface area contributed by atoms with Crippen LogP contribution in [0.5, 0.6) is 5.75 Å². The third-order valence-corrected chi connectivity index (χ3v) is 4.49. The van der Waals surface area contributed by atoms with E-state index in [4.69, 9.17) is 4.74 Å². The molecule has 1 heterocycles. The van der Waals surface area contributed by atoms with Crippen molar-refractivity contribution in [3.8, 4) is 5.75 Å². The number of nitrogens with zero attached hydrogens (tertiary/aromatic N) is 3. The van der Waals surface area contributed by atoms with Gasteiger partial charge in [-0.2, -0.15) is 18.3 Å². The molecule has 0 aliphatic heterocycles. The molecule has 1 aromatic heterocycles. The molecule has 2 N–H and O–H groups in total. The number of benzene rings is 2. The fraction of sp³-hybridized carbons (Fsp3) is 0.273. The predicted molar refractivity (Wildman–Crippen MR) is 128 cm³/mol. The van der Waals surface area contributed by atoms with Crippen LogP contribution in [-0.4, -0.2) is 35.6 Å². The maximum Gasteiger partial charge on any atom is 0.422 e. The van der Waals surface area contributed by atoms with E-state index in [0.29, 0.717) is 24.6 Å². The Balaban J connectivity index is 0.00000363. The molecule has 0 spiro atoms. The summed E-state index contributed by atoms with van der Waals surface area (Å²) >= 11 is 0. The number of nitrogens with one attached hydrogen (secondary N) is 2. The summed E-state index contributed by atoms with van der Waals surface area (Å²) in [5.41, 5.74) is 2.82. The topological polar surface area (TPSA) is 63.5 Å². The van der Waals surface area contributed by atoms with Gasteiger partial charge in [0.05, 0.1) is 6.54 Å². The van der Waals surface area contributed by atoms with Gasteiger partial charge in [0.15, 0.2) is 12.6 Å². The maximum atomic E-state index is 12.5. The molecule has 0 unspecified atom stereocenters. The highest BCUT2D eigenvalue weighted by molar-refractivity contribution is 14.0. The molecule has 2 aromatic carbocycles. The van der Waals surface area contributed by atoms with Crippen molar-refractivity contribution in [1.29, 1.82) is 0 Å². The first-order valence-corrected chi connectivity index (χ1v) is 9.71. The van der Waals surface area contributed by atoms with Gasteiger partial charge in [-0.15, -0.1) is 24.0 Å². The van der Waals surface area contributed by atoms with Gasteiger partial charge in [0.1, 0.15) is 5.75 Å². The van der Waals surface area contributed by atoms with E-state index in [0.717, 1.165) is 11.1 Å². The van der Waals surface area contributed by atoms with Gasteiger partial charge < -0.3 is 15.4 Å². The van der Waals surface area contributed by atoms with Crippen molar-refractivity contribution >= 4 is 29.9 Å². The van der Waals surface area contributed by atoms with E-state index >= 15 is 0 Å². The van der Waals surface area contributed by atoms with Crippen molar-refractivity contribution in [3.05, 3.63) is 83.7 Å². The Kier molecular flexibility index (Phi) is 9.82. The normalized spacial score (nSPS) is 11.6. The lowest BCUT2D eigenvalue weighted by molar-refractivity contribution is -0.153. The lowest BCUT2D eigenvalue weighted by Gasteiger charge is -2.16. The molecule has 6 nitrogen and oxygen atoms in total. The Morgan fingerprint density at radius 2 is 1.59 bits per heavy atom. The Morgan fingerprint density at radius 3 is 2.22 bits per heavy atom. The van der Waals surface area contributed by atoms with Crippen molar-refractivity contribution in [2.24, 2.45) is 4.99 Å². The highest BCUT2D eigenvalue weighted by Crippen LogP contribution is 2.22. The number of halogens is 4. The lowest BCUT2D eigenvalue weighted by Crippen LogP contribution is -2.36. The number of rotatable bonds is 8. The first-order chi connectivity index (χ1) is 14.9. The molecule has 0 amide bonds. The number of guanidine groups is 1. The fourth-order valence-corrected chi connectivity index (χ4v) is 2.98. The standard InChI is InChI=1S/C22H24F3N5O.HI/c1-26-21(28-14-18-8-4-5-10-20(18)31-16-22(23,24)25)27-13-17-7-2-3-9-19(17)15-30-12-6-11-29-30;/h2-12H,13-16H2,1H3,(H2,26,27,28);1H. The summed E-state index contributed by atoms with van der Waals surface area (Å²) in [4.78, 5) is 4.19. The molecule has 0 saturated heterocycles. The van der Waals surface area contributed by atoms with Crippen LogP contribution in [0.15, 0.2) is 72.0 Å². The number of aliphatic imine (C=N–C) groups is 1. The minimum absolute atomic E-state index is 0. The van der Waals surface area contributed by atoms with Crippen molar-refractivity contribution in [2.75, 3.05) is 13.7 Å². The highest BCUT2D eigenvalue weighted by Gasteiger charge is 2.28. The molecule has 3 aromatic rings. The van der Waals surface area contributed by atoms with Crippen LogP contribution in [-0.2, 0) is 19.6 Å². The Morgan fingerprint density at radius 1 is 0.969 bits per heavy atom. The molecular weight excluding hydrogens is 534 g/mol. The predicted octanol–water partition coefficient (Wildman–Crippen LogP) is 4.36. The Hall–Kier alpha value is -2.76. The summed E-state index contributed by atoms with van der Waals surface area (Å²) < 4.78 is 44.2. The number of para-hydroxylation sites is 1. The molecule has 172 valence electrons. The average molecular weight is 559 g/mol. The van der Waals surface area contributed by atoms with Gasteiger partial charge in [-0.05, 0) is 23.3 Å². The zero-order chi connectivity index (χ0) is 22.1. The van der Waals surface area contributed by atoms with Gasteiger partial charge in [-0.1, -0.05) is 42.5 Å². The summed E-state index contributed by atoms with van der Waals surface area (Å²) in [6, 6.07) is 16.5. The summed E-state index contributed by atoms with van der Waals surface area (Å²) in [6.07, 6.45) is -0.742. The molecule has 0 aliphatic rings. The monoisotopic (exact) mass is 559 g/mol. The number of hydrogen-bond acceptors (Lipinski definition) is 3. The van der Waals surface area contributed by atoms with Crippen molar-refractivity contribution in [2.45, 2.75) is 25.8 Å². The first-order valence-electron chi connectivity index (χ1n) is 9.71. The zero-order valence-corrected chi connectivity index (χ0v) is 19.8. The SMILES string of the molecule is CN=C(NCc1ccccc1Cn1cccn1)NCc1ccccc1OCC(F)(F)F.I. The van der Waals surface area contributed by atoms with Gasteiger partial charge in [0.25, 0.3) is 0 Å². The van der Waals surface area contributed by atoms with E-state index in [2.05, 4.69) is 20.7 Å². The zero-order valence-electron chi connectivity index (χ0n) is 17.5. The molecule has 0 radical (unpaired) electrons. The van der Waals surface area contributed by atoms with Gasteiger partial charge in [-0.25, -0.2) is 0 Å². The largest absolute Gasteiger partial charge is 0.484 e. The van der Waals surface area contributed by atoms with E-state index in [1.165, 1.54) is 6.07 Å². The number of hydrogen-bond donors (Lipinski definition) is 2. The highest BCUT2D eigenvalue weighted by atomic mass is 127. The summed E-state index contributed by atoms with van der Waals surface area (Å²) in [6.45, 7) is 0.122. The average Bonchev–Trinajstić information content (AvgIpc) is 3.26. The molecule has 3 rings (SSSR count). The van der Waals surface area contributed by atoms with E-state index < -0.39 is 12.8 Å². The number of alkyl halides is 3. The Labute approximate surface area is 201 Å². The second kappa shape index (κ2) is 12.3. The van der Waals surface area contributed by atoms with E-state index in [1.807, 2.05) is 41.2 Å². The quantitative estimate of drug-likeness (QED) is 0.245. The van der Waals surface area contributed by atoms with Crippen molar-refractivity contribution in [1.82, 2.24) is 20.4 Å². The maximum absolute atomic E-state index is 12.5. The van der Waals surface area contributed by atoms with Crippen LogP contribution in [0.1, 0.15) is 16.7 Å². The van der Waals surface area contributed by atoms with Crippen LogP contribution in [0, 0.1) is 0 Å². The number of aromatic nitrogens is 2. The van der Waals surface area contributed by atoms with Crippen LogP contribution < -0.4 is 15.4 Å². The minimum atomic E-state index is -4.39. The second-order valence-corrected chi connectivity index (χ2v) is 6.76. The van der Waals surface area contributed by atoms with Crippen molar-refractivity contribution in [3.63, 3.8) is 0 Å². The van der Waals surface area contributed by atoms with E-state index in [-0.39, 0.29) is 36.3 Å². The molecule has 0 saturated carbocycles. The van der Waals surface area contributed by atoms with E-state index in [1.54, 1.807) is 31.4 Å². The molecule has 10 heteroatoms. The second-order valence-electron chi connectivity index (χ2n) is 6.76. The lowest BCUT2D eigenvalue weighted by atomic mass is 10.1. The third kappa shape index (κ3) is 8.06. The van der Waals surface area contributed by atoms with Crippen LogP contribution in [0.4, 0.5) is 13.2 Å². The molecular formula is C22H25F3IN5O. The molecule has 0 fully saturated rings. The van der Waals surface area contributed by atoms with Gasteiger partial charge in [0.2, 0.25) is 0 Å². The van der Waals surface area contributed by atoms with Gasteiger partial charge >= 0.3 is 6.18 Å². The van der Waals surface area contributed by atoms with Crippen LogP contribution >= 0.6 is 24.0 Å². The van der Waals surface area contributed by atoms with Crippen LogP contribution in [0.2, 0.25) is 0 Å². The fourth-order valence-electron chi connectivity index (χ4n) is 2.98. The van der Waals surface area contributed by atoms with Crippen LogP contribution in [0.3, 0.4) is 0 Å². The van der Waals surface area contributed by atoms with Gasteiger partial charge in [0, 0.05) is 38.1 Å². The summed E-state index contributed by atoms with van der Waals surface area (Å²) in [7, 11) is 1.64. The molecule has 0 atom stereocenters. The minimum Gasteiger partial charge on any atom is -0.484 e. The molecule has 0 bridgehead atoms. The first kappa shape index (κ1) is 25.5. The van der Waals surface area contributed by atoms with Crippen LogP contribution in [0.25, 0.3) is 0 Å². The van der Waals surface area contributed by atoms with Gasteiger partial charge in [-0.3, -0.25) is 9.67 Å². The molecule has 0 aliphatic carbocycles. The summed E-state index contributed by atoms with van der Waals surface area (Å²) in [5, 5.41) is 10.6. The third-order valence-electron chi connectivity index (χ3n) is 4.49. The smallest absolute Gasteiger partial charge is 0.422 e. The summed E-state index contributed by atoms with van der Waals surface area (Å²) in [5.74, 6) is 0.715. The van der Waals surface area contributed by atoms with Crippen molar-refractivity contribution < 1.29 is 17.9 Å². The van der Waals surface area contributed by atoms with E-state index in [9.17, 15) is 13.2 Å². The Bertz CT molecular complexity index is 993. The number of ether oxygens (including phenoxy) is 1. The molecule has 32 heavy (non-hydrogen) atoms.